The molecule has 0 radical (unpaired) electrons. The predicted molar refractivity (Wildman–Crippen MR) is 62.4 cm³/mol. The second kappa shape index (κ2) is 4.77. The molecule has 0 fully saturated rings. The molecule has 0 unspecified atom stereocenters. The molecule has 0 amide bonds. The van der Waals surface area contributed by atoms with Crippen LogP contribution in [0, 0.1) is 0 Å². The highest BCUT2D eigenvalue weighted by molar-refractivity contribution is 7.12. The van der Waals surface area contributed by atoms with Crippen molar-refractivity contribution in [2.75, 3.05) is 6.54 Å². The van der Waals surface area contributed by atoms with E-state index in [1.165, 1.54) is 9.75 Å². The Morgan fingerprint density at radius 2 is 2.13 bits per heavy atom. The van der Waals surface area contributed by atoms with E-state index in [2.05, 4.69) is 38.2 Å². The molecule has 0 aliphatic carbocycles. The molecule has 1 heterocycles. The average molecular weight is 227 g/mol. The highest BCUT2D eigenvalue weighted by Gasteiger charge is 2.15. The molecular formula is C11H17NO2S. The van der Waals surface area contributed by atoms with E-state index in [1.807, 2.05) is 0 Å². The van der Waals surface area contributed by atoms with E-state index < -0.39 is 5.97 Å². The maximum absolute atomic E-state index is 10.3. The lowest BCUT2D eigenvalue weighted by atomic mass is 9.95. The molecular weight excluding hydrogens is 210 g/mol. The first kappa shape index (κ1) is 12.2. The number of hydrogen-bond acceptors (Lipinski definition) is 3. The molecule has 0 aliphatic rings. The average Bonchev–Trinajstić information content (AvgIpc) is 2.51. The molecule has 3 nitrogen and oxygen atoms in total. The van der Waals surface area contributed by atoms with E-state index in [4.69, 9.17) is 5.11 Å². The third-order valence-corrected chi connectivity index (χ3v) is 3.49. The fraction of sp³-hybridized carbons (Fsp3) is 0.545. The van der Waals surface area contributed by atoms with Gasteiger partial charge in [-0.25, -0.2) is 0 Å². The first-order chi connectivity index (χ1) is 6.89. The Labute approximate surface area is 94.1 Å². The molecule has 4 heteroatoms. The SMILES string of the molecule is CC(C)(C)c1ccc(CNCC(=O)O)s1. The summed E-state index contributed by atoms with van der Waals surface area (Å²) in [6.45, 7) is 7.17. The van der Waals surface area contributed by atoms with Crippen LogP contribution >= 0.6 is 11.3 Å². The van der Waals surface area contributed by atoms with Crippen LogP contribution < -0.4 is 5.32 Å². The summed E-state index contributed by atoms with van der Waals surface area (Å²) in [5, 5.41) is 11.3. The van der Waals surface area contributed by atoms with Crippen LogP contribution in [-0.2, 0) is 16.8 Å². The fourth-order valence-electron chi connectivity index (χ4n) is 1.17. The molecule has 0 atom stereocenters. The van der Waals surface area contributed by atoms with Crippen molar-refractivity contribution in [3.8, 4) is 0 Å². The van der Waals surface area contributed by atoms with E-state index in [1.54, 1.807) is 11.3 Å². The van der Waals surface area contributed by atoms with Gasteiger partial charge in [-0.3, -0.25) is 4.79 Å². The van der Waals surface area contributed by atoms with Crippen LogP contribution in [-0.4, -0.2) is 17.6 Å². The van der Waals surface area contributed by atoms with Gasteiger partial charge in [-0.2, -0.15) is 0 Å². The summed E-state index contributed by atoms with van der Waals surface area (Å²) >= 11 is 1.74. The second-order valence-corrected chi connectivity index (χ2v) is 5.68. The molecule has 84 valence electrons. The number of nitrogens with one attached hydrogen (secondary N) is 1. The van der Waals surface area contributed by atoms with Crippen LogP contribution in [0.15, 0.2) is 12.1 Å². The standard InChI is InChI=1S/C11H17NO2S/c1-11(2,3)9-5-4-8(15-9)6-12-7-10(13)14/h4-5,12H,6-7H2,1-3H3,(H,13,14). The van der Waals surface area contributed by atoms with Crippen LogP contribution in [0.5, 0.6) is 0 Å². The van der Waals surface area contributed by atoms with Gasteiger partial charge < -0.3 is 10.4 Å². The van der Waals surface area contributed by atoms with Crippen LogP contribution in [0.4, 0.5) is 0 Å². The third kappa shape index (κ3) is 4.01. The van der Waals surface area contributed by atoms with Crippen molar-refractivity contribution in [2.45, 2.75) is 32.7 Å². The van der Waals surface area contributed by atoms with E-state index in [9.17, 15) is 4.79 Å². The zero-order valence-electron chi connectivity index (χ0n) is 9.33. The van der Waals surface area contributed by atoms with Gasteiger partial charge in [0.1, 0.15) is 0 Å². The van der Waals surface area contributed by atoms with Crippen molar-refractivity contribution in [1.82, 2.24) is 5.32 Å². The topological polar surface area (TPSA) is 49.3 Å². The smallest absolute Gasteiger partial charge is 0.317 e. The maximum Gasteiger partial charge on any atom is 0.317 e. The van der Waals surface area contributed by atoms with Gasteiger partial charge in [-0.1, -0.05) is 20.8 Å². The summed E-state index contributed by atoms with van der Waals surface area (Å²) in [6.07, 6.45) is 0. The number of hydrogen-bond donors (Lipinski definition) is 2. The Morgan fingerprint density at radius 3 is 2.60 bits per heavy atom. The summed E-state index contributed by atoms with van der Waals surface area (Å²) in [5.41, 5.74) is 0.176. The third-order valence-electron chi connectivity index (χ3n) is 1.98. The van der Waals surface area contributed by atoms with Crippen molar-refractivity contribution < 1.29 is 9.90 Å². The minimum atomic E-state index is -0.817. The molecule has 0 spiro atoms. The second-order valence-electron chi connectivity index (χ2n) is 4.51. The van der Waals surface area contributed by atoms with Crippen molar-refractivity contribution in [3.63, 3.8) is 0 Å². The van der Waals surface area contributed by atoms with Gasteiger partial charge in [0.2, 0.25) is 0 Å². The quantitative estimate of drug-likeness (QED) is 0.829. The Hall–Kier alpha value is -0.870. The van der Waals surface area contributed by atoms with Crippen molar-refractivity contribution >= 4 is 17.3 Å². The first-order valence-corrected chi connectivity index (χ1v) is 5.73. The number of carboxylic acids is 1. The maximum atomic E-state index is 10.3. The van der Waals surface area contributed by atoms with Crippen molar-refractivity contribution in [1.29, 1.82) is 0 Å². The first-order valence-electron chi connectivity index (χ1n) is 4.91. The molecule has 0 saturated carbocycles. The molecule has 1 rings (SSSR count). The van der Waals surface area contributed by atoms with Gasteiger partial charge >= 0.3 is 5.97 Å². The highest BCUT2D eigenvalue weighted by Crippen LogP contribution is 2.29. The van der Waals surface area contributed by atoms with Gasteiger partial charge in [0.15, 0.2) is 0 Å². The van der Waals surface area contributed by atoms with E-state index in [0.29, 0.717) is 6.54 Å². The number of thiophene rings is 1. The Bertz CT molecular complexity index is 339. The summed E-state index contributed by atoms with van der Waals surface area (Å²) in [5.74, 6) is -0.817. The molecule has 15 heavy (non-hydrogen) atoms. The van der Waals surface area contributed by atoms with Gasteiger partial charge in [-0.15, -0.1) is 11.3 Å². The zero-order valence-corrected chi connectivity index (χ0v) is 10.1. The van der Waals surface area contributed by atoms with Gasteiger partial charge in [-0.05, 0) is 17.5 Å². The molecule has 1 aromatic rings. The zero-order chi connectivity index (χ0) is 11.5. The van der Waals surface area contributed by atoms with Crippen molar-refractivity contribution in [2.24, 2.45) is 0 Å². The number of carboxylic acid groups (broad SMARTS) is 1. The number of carbonyl (C=O) groups is 1. The van der Waals surface area contributed by atoms with Crippen LogP contribution in [0.3, 0.4) is 0 Å². The Balaban J connectivity index is 2.50. The molecule has 0 aliphatic heterocycles. The van der Waals surface area contributed by atoms with E-state index in [0.717, 1.165) is 0 Å². The predicted octanol–water partition coefficient (Wildman–Crippen LogP) is 2.22. The van der Waals surface area contributed by atoms with Crippen LogP contribution in [0.1, 0.15) is 30.5 Å². The summed E-state index contributed by atoms with van der Waals surface area (Å²) < 4.78 is 0. The minimum absolute atomic E-state index is 0.0166. The van der Waals surface area contributed by atoms with Crippen molar-refractivity contribution in [3.05, 3.63) is 21.9 Å². The van der Waals surface area contributed by atoms with E-state index >= 15 is 0 Å². The van der Waals surface area contributed by atoms with Gasteiger partial charge in [0.05, 0.1) is 6.54 Å². The fourth-order valence-corrected chi connectivity index (χ4v) is 2.20. The Morgan fingerprint density at radius 1 is 1.47 bits per heavy atom. The molecule has 0 aromatic carbocycles. The molecule has 1 aromatic heterocycles. The van der Waals surface area contributed by atoms with Gasteiger partial charge in [0, 0.05) is 16.3 Å². The lowest BCUT2D eigenvalue weighted by molar-refractivity contribution is -0.135. The monoisotopic (exact) mass is 227 g/mol. The Kier molecular flexibility index (Phi) is 3.88. The summed E-state index contributed by atoms with van der Waals surface area (Å²) in [6, 6.07) is 4.17. The molecule has 2 N–H and O–H groups in total. The summed E-state index contributed by atoms with van der Waals surface area (Å²) in [4.78, 5) is 12.8. The molecule has 0 bridgehead atoms. The number of aliphatic carboxylic acids is 1. The van der Waals surface area contributed by atoms with Crippen LogP contribution in [0.25, 0.3) is 0 Å². The number of rotatable bonds is 4. The minimum Gasteiger partial charge on any atom is -0.480 e. The summed E-state index contributed by atoms with van der Waals surface area (Å²) in [7, 11) is 0. The lowest BCUT2D eigenvalue weighted by Gasteiger charge is -2.15. The van der Waals surface area contributed by atoms with Crippen LogP contribution in [0.2, 0.25) is 0 Å². The normalized spacial score (nSPS) is 11.7. The van der Waals surface area contributed by atoms with E-state index in [-0.39, 0.29) is 12.0 Å². The highest BCUT2D eigenvalue weighted by atomic mass is 32.1. The lowest BCUT2D eigenvalue weighted by Crippen LogP contribution is -2.21. The largest absolute Gasteiger partial charge is 0.480 e. The molecule has 0 saturated heterocycles. The van der Waals surface area contributed by atoms with Gasteiger partial charge in [0.25, 0.3) is 0 Å².